The number of pyridine rings is 1. The monoisotopic (exact) mass is 455 g/mol. The quantitative estimate of drug-likeness (QED) is 0.427. The first-order valence-corrected chi connectivity index (χ1v) is 10.9. The van der Waals surface area contributed by atoms with Gasteiger partial charge in [0.05, 0.1) is 22.9 Å². The van der Waals surface area contributed by atoms with Gasteiger partial charge in [-0.1, -0.05) is 18.6 Å². The maximum absolute atomic E-state index is 13.6. The fraction of sp³-hybridized carbons (Fsp3) is 0.375. The number of halogens is 3. The number of aromatic nitrogens is 2. The summed E-state index contributed by atoms with van der Waals surface area (Å²) in [5.41, 5.74) is 1.72. The maximum atomic E-state index is 13.6. The van der Waals surface area contributed by atoms with Crippen LogP contribution in [0, 0.1) is 17.2 Å². The van der Waals surface area contributed by atoms with Crippen molar-refractivity contribution in [2.75, 3.05) is 18.4 Å². The van der Waals surface area contributed by atoms with E-state index in [9.17, 15) is 18.0 Å². The molecule has 1 aliphatic carbocycles. The van der Waals surface area contributed by atoms with Gasteiger partial charge < -0.3 is 15.6 Å². The molecule has 3 N–H and O–H groups in total. The number of nitrogens with one attached hydrogen (secondary N) is 3. The smallest absolute Gasteiger partial charge is 0.384 e. The normalized spacial score (nSPS) is 14.0. The highest BCUT2D eigenvalue weighted by molar-refractivity contribution is 5.92. The van der Waals surface area contributed by atoms with Crippen LogP contribution in [0.1, 0.15) is 48.1 Å². The zero-order valence-corrected chi connectivity index (χ0v) is 17.9. The van der Waals surface area contributed by atoms with Crippen LogP contribution >= 0.6 is 0 Å². The first-order chi connectivity index (χ1) is 15.8. The predicted molar refractivity (Wildman–Crippen MR) is 119 cm³/mol. The number of rotatable bonds is 8. The predicted octanol–water partition coefficient (Wildman–Crippen LogP) is 4.76. The van der Waals surface area contributed by atoms with Crippen LogP contribution < -0.4 is 10.6 Å². The minimum atomic E-state index is -4.55. The molecule has 1 aromatic carbocycles. The fourth-order valence-electron chi connectivity index (χ4n) is 3.88. The molecule has 0 bridgehead atoms. The van der Waals surface area contributed by atoms with Gasteiger partial charge in [-0.05, 0) is 43.0 Å². The Hall–Kier alpha value is -3.54. The second-order valence-electron chi connectivity index (χ2n) is 8.29. The third kappa shape index (κ3) is 5.28. The van der Waals surface area contributed by atoms with E-state index < -0.39 is 11.7 Å². The Morgan fingerprint density at radius 1 is 1.21 bits per heavy atom. The van der Waals surface area contributed by atoms with Crippen molar-refractivity contribution in [2.24, 2.45) is 5.92 Å². The SMILES string of the molecule is N#Cc1ccc(Cc2cc3c(NCCCNC(=O)C4CCC4)c(C(F)(F)F)cnc3[nH]2)cc1. The number of H-pyrrole nitrogens is 1. The molecule has 0 spiro atoms. The topological polar surface area (TPSA) is 93.6 Å². The van der Waals surface area contributed by atoms with Crippen molar-refractivity contribution in [1.82, 2.24) is 15.3 Å². The summed E-state index contributed by atoms with van der Waals surface area (Å²) in [5.74, 6) is 0.116. The standard InChI is InChI=1S/C24H24F3N5O/c25-24(26,27)20-14-31-22-19(12-18(32-22)11-15-5-7-16(13-28)8-6-15)21(20)29-9-2-10-30-23(33)17-3-1-4-17/h5-8,12,14,17H,1-4,9-11H2,(H,30,33)(H2,29,31,32). The number of benzene rings is 1. The summed E-state index contributed by atoms with van der Waals surface area (Å²) >= 11 is 0. The van der Waals surface area contributed by atoms with E-state index in [0.29, 0.717) is 36.0 Å². The van der Waals surface area contributed by atoms with E-state index in [-0.39, 0.29) is 24.1 Å². The van der Waals surface area contributed by atoms with Crippen LogP contribution in [0.3, 0.4) is 0 Å². The molecular formula is C24H24F3N5O. The highest BCUT2D eigenvalue weighted by Gasteiger charge is 2.35. The molecule has 0 unspecified atom stereocenters. The van der Waals surface area contributed by atoms with Crippen LogP contribution in [-0.2, 0) is 17.4 Å². The van der Waals surface area contributed by atoms with Gasteiger partial charge >= 0.3 is 6.18 Å². The molecule has 0 atom stereocenters. The Balaban J connectivity index is 1.48. The van der Waals surface area contributed by atoms with Crippen molar-refractivity contribution in [3.63, 3.8) is 0 Å². The Kier molecular flexibility index (Phi) is 6.54. The molecule has 2 heterocycles. The summed E-state index contributed by atoms with van der Waals surface area (Å²) in [6.45, 7) is 0.693. The summed E-state index contributed by atoms with van der Waals surface area (Å²) in [6, 6.07) is 10.8. The first kappa shape index (κ1) is 22.6. The number of amides is 1. The third-order valence-corrected chi connectivity index (χ3v) is 5.93. The van der Waals surface area contributed by atoms with Crippen molar-refractivity contribution in [3.05, 3.63) is 58.9 Å². The molecule has 1 aliphatic rings. The molecule has 172 valence electrons. The van der Waals surface area contributed by atoms with Crippen LogP contribution in [-0.4, -0.2) is 29.0 Å². The molecule has 1 fully saturated rings. The lowest BCUT2D eigenvalue weighted by Crippen LogP contribution is -2.35. The Morgan fingerprint density at radius 3 is 2.61 bits per heavy atom. The van der Waals surface area contributed by atoms with E-state index in [1.54, 1.807) is 18.2 Å². The molecule has 2 aromatic heterocycles. The van der Waals surface area contributed by atoms with Gasteiger partial charge in [0.2, 0.25) is 5.91 Å². The lowest BCUT2D eigenvalue weighted by Gasteiger charge is -2.24. The van der Waals surface area contributed by atoms with E-state index >= 15 is 0 Å². The van der Waals surface area contributed by atoms with Crippen LogP contribution in [0.15, 0.2) is 36.5 Å². The number of aromatic amines is 1. The van der Waals surface area contributed by atoms with Gasteiger partial charge in [0.25, 0.3) is 0 Å². The van der Waals surface area contributed by atoms with Gasteiger partial charge in [-0.2, -0.15) is 18.4 Å². The molecule has 4 rings (SSSR count). The number of hydrogen-bond acceptors (Lipinski definition) is 4. The number of nitriles is 1. The maximum Gasteiger partial charge on any atom is 0.419 e. The highest BCUT2D eigenvalue weighted by Crippen LogP contribution is 2.38. The molecule has 1 amide bonds. The third-order valence-electron chi connectivity index (χ3n) is 5.93. The number of carbonyl (C=O) groups is 1. The summed E-state index contributed by atoms with van der Waals surface area (Å²) in [6.07, 6.45) is 0.149. The first-order valence-electron chi connectivity index (χ1n) is 10.9. The zero-order chi connectivity index (χ0) is 23.4. The van der Waals surface area contributed by atoms with Gasteiger partial charge in [0.1, 0.15) is 5.65 Å². The molecular weight excluding hydrogens is 431 g/mol. The van der Waals surface area contributed by atoms with Gasteiger partial charge in [0, 0.05) is 42.7 Å². The van der Waals surface area contributed by atoms with Crippen molar-refractivity contribution in [1.29, 1.82) is 5.26 Å². The number of hydrogen-bond donors (Lipinski definition) is 3. The van der Waals surface area contributed by atoms with E-state index in [2.05, 4.69) is 26.7 Å². The van der Waals surface area contributed by atoms with E-state index in [0.717, 1.165) is 36.7 Å². The van der Waals surface area contributed by atoms with Crippen LogP contribution in [0.4, 0.5) is 18.9 Å². The fourth-order valence-corrected chi connectivity index (χ4v) is 3.88. The van der Waals surface area contributed by atoms with Crippen molar-refractivity contribution < 1.29 is 18.0 Å². The van der Waals surface area contributed by atoms with Gasteiger partial charge in [-0.3, -0.25) is 4.79 Å². The van der Waals surface area contributed by atoms with E-state index in [4.69, 9.17) is 5.26 Å². The molecule has 33 heavy (non-hydrogen) atoms. The number of alkyl halides is 3. The lowest BCUT2D eigenvalue weighted by molar-refractivity contribution is -0.137. The van der Waals surface area contributed by atoms with E-state index in [1.807, 2.05) is 12.1 Å². The van der Waals surface area contributed by atoms with E-state index in [1.165, 1.54) is 0 Å². The molecule has 0 saturated heterocycles. The van der Waals surface area contributed by atoms with Crippen molar-refractivity contribution >= 4 is 22.6 Å². The number of anilines is 1. The Labute approximate surface area is 189 Å². The van der Waals surface area contributed by atoms with Gasteiger partial charge in [-0.25, -0.2) is 4.98 Å². The number of nitrogens with zero attached hydrogens (tertiary/aromatic N) is 2. The lowest BCUT2D eigenvalue weighted by atomic mass is 9.85. The average molecular weight is 455 g/mol. The number of carbonyl (C=O) groups excluding carboxylic acids is 1. The molecule has 1 saturated carbocycles. The highest BCUT2D eigenvalue weighted by atomic mass is 19.4. The largest absolute Gasteiger partial charge is 0.419 e. The Morgan fingerprint density at radius 2 is 1.97 bits per heavy atom. The minimum absolute atomic E-state index is 0.0138. The second-order valence-corrected chi connectivity index (χ2v) is 8.29. The number of fused-ring (bicyclic) bond motifs is 1. The molecule has 9 heteroatoms. The molecule has 6 nitrogen and oxygen atoms in total. The molecule has 0 radical (unpaired) electrons. The van der Waals surface area contributed by atoms with Crippen LogP contribution in [0.25, 0.3) is 11.0 Å². The summed E-state index contributed by atoms with van der Waals surface area (Å²) in [4.78, 5) is 19.0. The Bertz CT molecular complexity index is 1170. The van der Waals surface area contributed by atoms with Gasteiger partial charge in [0.15, 0.2) is 0 Å². The summed E-state index contributed by atoms with van der Waals surface area (Å²) < 4.78 is 40.9. The molecule has 3 aromatic rings. The second kappa shape index (κ2) is 9.53. The van der Waals surface area contributed by atoms with Crippen LogP contribution in [0.2, 0.25) is 0 Å². The minimum Gasteiger partial charge on any atom is -0.384 e. The van der Waals surface area contributed by atoms with Gasteiger partial charge in [-0.15, -0.1) is 0 Å². The van der Waals surface area contributed by atoms with Crippen molar-refractivity contribution in [2.45, 2.75) is 38.3 Å². The van der Waals surface area contributed by atoms with Crippen LogP contribution in [0.5, 0.6) is 0 Å². The average Bonchev–Trinajstić information content (AvgIpc) is 3.14. The molecule has 0 aliphatic heterocycles. The zero-order valence-electron chi connectivity index (χ0n) is 17.9. The summed E-state index contributed by atoms with van der Waals surface area (Å²) in [7, 11) is 0. The van der Waals surface area contributed by atoms with Crippen molar-refractivity contribution in [3.8, 4) is 6.07 Å². The summed E-state index contributed by atoms with van der Waals surface area (Å²) in [5, 5.41) is 15.1.